The van der Waals surface area contributed by atoms with E-state index in [0.29, 0.717) is 17.0 Å². The molecule has 7 heteroatoms. The molecule has 1 aromatic heterocycles. The van der Waals surface area contributed by atoms with Crippen molar-refractivity contribution in [2.24, 2.45) is 11.0 Å². The van der Waals surface area contributed by atoms with E-state index in [1.165, 1.54) is 36.6 Å². The van der Waals surface area contributed by atoms with Crippen LogP contribution in [0.25, 0.3) is 0 Å². The first kappa shape index (κ1) is 21.7. The van der Waals surface area contributed by atoms with Crippen molar-refractivity contribution in [1.82, 2.24) is 14.9 Å². The molecule has 0 aliphatic heterocycles. The Morgan fingerprint density at radius 2 is 2.07 bits per heavy atom. The van der Waals surface area contributed by atoms with Gasteiger partial charge in [-0.3, -0.25) is 4.79 Å². The number of allylic oxidation sites excluding steroid dienone is 2. The van der Waals surface area contributed by atoms with E-state index in [1.807, 2.05) is 6.21 Å². The van der Waals surface area contributed by atoms with E-state index >= 15 is 0 Å². The van der Waals surface area contributed by atoms with Crippen LogP contribution in [0.2, 0.25) is 0 Å². The Balaban J connectivity index is 2.05. The topological polar surface area (TPSA) is 80.4 Å². The summed E-state index contributed by atoms with van der Waals surface area (Å²) in [6.45, 7) is 6.49. The quantitative estimate of drug-likeness (QED) is 0.340. The number of nitrogens with zero attached hydrogens (tertiary/aromatic N) is 4. The van der Waals surface area contributed by atoms with E-state index in [-0.39, 0.29) is 5.75 Å². The van der Waals surface area contributed by atoms with Gasteiger partial charge in [-0.25, -0.2) is 0 Å². The fourth-order valence-corrected chi connectivity index (χ4v) is 3.91. The van der Waals surface area contributed by atoms with Crippen LogP contribution in [0.1, 0.15) is 83.9 Å². The molecule has 27 heavy (non-hydrogen) atoms. The van der Waals surface area contributed by atoms with Crippen LogP contribution in [-0.4, -0.2) is 37.9 Å². The zero-order valence-corrected chi connectivity index (χ0v) is 17.5. The first-order valence-electron chi connectivity index (χ1n) is 9.93. The molecule has 0 aromatic carbocycles. The second-order valence-electron chi connectivity index (χ2n) is 7.67. The summed E-state index contributed by atoms with van der Waals surface area (Å²) in [5, 5.41) is 22.8. The zero-order chi connectivity index (χ0) is 19.6. The Morgan fingerprint density at radius 1 is 1.33 bits per heavy atom. The van der Waals surface area contributed by atoms with E-state index in [1.54, 1.807) is 4.68 Å². The first-order chi connectivity index (χ1) is 13.0. The molecule has 1 aromatic rings. The monoisotopic (exact) mass is 392 g/mol. The lowest BCUT2D eigenvalue weighted by Gasteiger charge is -2.20. The van der Waals surface area contributed by atoms with Crippen molar-refractivity contribution < 1.29 is 9.90 Å². The van der Waals surface area contributed by atoms with Gasteiger partial charge >= 0.3 is 5.97 Å². The smallest absolute Gasteiger partial charge is 0.313 e. The highest BCUT2D eigenvalue weighted by Gasteiger charge is 2.23. The summed E-state index contributed by atoms with van der Waals surface area (Å²) >= 11 is 1.18. The fourth-order valence-electron chi connectivity index (χ4n) is 3.30. The normalized spacial score (nSPS) is 16.6. The summed E-state index contributed by atoms with van der Waals surface area (Å²) in [4.78, 5) is 10.9. The van der Waals surface area contributed by atoms with E-state index in [9.17, 15) is 4.79 Å². The van der Waals surface area contributed by atoms with E-state index < -0.39 is 5.97 Å². The van der Waals surface area contributed by atoms with E-state index in [0.717, 1.165) is 37.9 Å². The zero-order valence-electron chi connectivity index (χ0n) is 16.7. The van der Waals surface area contributed by atoms with Crippen LogP contribution in [0.3, 0.4) is 0 Å². The van der Waals surface area contributed by atoms with Gasteiger partial charge in [0, 0.05) is 12.1 Å². The van der Waals surface area contributed by atoms with Gasteiger partial charge in [0.2, 0.25) is 5.16 Å². The van der Waals surface area contributed by atoms with Crippen molar-refractivity contribution in [1.29, 1.82) is 0 Å². The van der Waals surface area contributed by atoms with Gasteiger partial charge in [0.25, 0.3) is 0 Å². The molecule has 6 nitrogen and oxygen atoms in total. The van der Waals surface area contributed by atoms with Crippen molar-refractivity contribution in [3.63, 3.8) is 0 Å². The number of carboxylic acids is 1. The number of aliphatic carboxylic acids is 1. The van der Waals surface area contributed by atoms with Gasteiger partial charge < -0.3 is 5.11 Å². The Morgan fingerprint density at radius 3 is 2.74 bits per heavy atom. The lowest BCUT2D eigenvalue weighted by Crippen LogP contribution is -2.11. The number of hydrogen-bond acceptors (Lipinski definition) is 5. The van der Waals surface area contributed by atoms with Crippen molar-refractivity contribution in [3.05, 3.63) is 17.5 Å². The molecule has 1 fully saturated rings. The van der Waals surface area contributed by atoms with Gasteiger partial charge in [0.15, 0.2) is 5.82 Å². The molecule has 1 heterocycles. The first-order valence-corrected chi connectivity index (χ1v) is 10.9. The van der Waals surface area contributed by atoms with Crippen LogP contribution < -0.4 is 0 Å². The lowest BCUT2D eigenvalue weighted by molar-refractivity contribution is -0.133. The van der Waals surface area contributed by atoms with Gasteiger partial charge in [-0.05, 0) is 51.9 Å². The number of rotatable bonds is 10. The molecule has 1 aliphatic rings. The minimum absolute atomic E-state index is 0.0303. The molecule has 0 saturated heterocycles. The van der Waals surface area contributed by atoms with Crippen molar-refractivity contribution >= 4 is 23.9 Å². The SMILES string of the molecule is CC(C)=CCC[C@H](C)C/C=N\n1c(SCC(=O)O)nnc1C1CCCCC1. The summed E-state index contributed by atoms with van der Waals surface area (Å²) in [7, 11) is 0. The molecule has 1 atom stereocenters. The summed E-state index contributed by atoms with van der Waals surface area (Å²) in [6.07, 6.45) is 13.2. The highest BCUT2D eigenvalue weighted by Crippen LogP contribution is 2.33. The predicted octanol–water partition coefficient (Wildman–Crippen LogP) is 5.11. The summed E-state index contributed by atoms with van der Waals surface area (Å²) in [5.41, 5.74) is 1.36. The maximum atomic E-state index is 10.9. The Kier molecular flexibility index (Phi) is 9.04. The predicted molar refractivity (Wildman–Crippen MR) is 111 cm³/mol. The molecular weight excluding hydrogens is 360 g/mol. The fraction of sp³-hybridized carbons (Fsp3) is 0.700. The molecule has 2 rings (SSSR count). The van der Waals surface area contributed by atoms with Gasteiger partial charge in [-0.1, -0.05) is 49.6 Å². The van der Waals surface area contributed by atoms with Crippen LogP contribution in [-0.2, 0) is 4.79 Å². The van der Waals surface area contributed by atoms with Gasteiger partial charge in [0.1, 0.15) is 0 Å². The maximum Gasteiger partial charge on any atom is 0.313 e. The Labute approximate surface area is 166 Å². The summed E-state index contributed by atoms with van der Waals surface area (Å²) < 4.78 is 1.78. The number of carboxylic acid groups (broad SMARTS) is 1. The summed E-state index contributed by atoms with van der Waals surface area (Å²) in [6, 6.07) is 0. The minimum atomic E-state index is -0.856. The van der Waals surface area contributed by atoms with E-state index in [4.69, 9.17) is 5.11 Å². The third-order valence-electron chi connectivity index (χ3n) is 4.85. The Bertz CT molecular complexity index is 659. The third-order valence-corrected chi connectivity index (χ3v) is 5.75. The average Bonchev–Trinajstić information content (AvgIpc) is 3.03. The van der Waals surface area contributed by atoms with Crippen molar-refractivity contribution in [3.8, 4) is 0 Å². The largest absolute Gasteiger partial charge is 0.481 e. The number of hydrogen-bond donors (Lipinski definition) is 1. The molecule has 150 valence electrons. The highest BCUT2D eigenvalue weighted by atomic mass is 32.2. The number of carbonyl (C=O) groups is 1. The van der Waals surface area contributed by atoms with Gasteiger partial charge in [0.05, 0.1) is 5.75 Å². The standard InChI is InChI=1S/C20H32N4O2S/c1-15(2)8-7-9-16(3)12-13-21-24-19(17-10-5-4-6-11-17)22-23-20(24)27-14-18(25)26/h8,13,16-17H,4-7,9-12,14H2,1-3H3,(H,25,26)/b21-13-/t16-/m0/s1. The number of aromatic nitrogens is 3. The van der Waals surface area contributed by atoms with Crippen LogP contribution >= 0.6 is 11.8 Å². The summed E-state index contributed by atoms with van der Waals surface area (Å²) in [5.74, 6) is 0.922. The minimum Gasteiger partial charge on any atom is -0.481 e. The number of thioether (sulfide) groups is 1. The molecule has 1 N–H and O–H groups in total. The molecule has 1 aliphatic carbocycles. The van der Waals surface area contributed by atoms with Crippen LogP contribution in [0.4, 0.5) is 0 Å². The third kappa shape index (κ3) is 7.48. The maximum absolute atomic E-state index is 10.9. The molecule has 0 spiro atoms. The molecule has 0 amide bonds. The molecule has 0 bridgehead atoms. The van der Waals surface area contributed by atoms with Crippen molar-refractivity contribution in [2.75, 3.05) is 5.75 Å². The molecular formula is C20H32N4O2S. The second kappa shape index (κ2) is 11.3. The molecule has 0 unspecified atom stereocenters. The van der Waals surface area contributed by atoms with E-state index in [2.05, 4.69) is 42.1 Å². The van der Waals surface area contributed by atoms with Crippen molar-refractivity contribution in [2.45, 2.75) is 83.2 Å². The lowest BCUT2D eigenvalue weighted by atomic mass is 9.89. The van der Waals surface area contributed by atoms with Crippen LogP contribution in [0, 0.1) is 5.92 Å². The van der Waals surface area contributed by atoms with Gasteiger partial charge in [-0.15, -0.1) is 10.2 Å². The van der Waals surface area contributed by atoms with Gasteiger partial charge in [-0.2, -0.15) is 9.78 Å². The van der Waals surface area contributed by atoms with Crippen LogP contribution in [0.15, 0.2) is 21.9 Å². The van der Waals surface area contributed by atoms with Crippen LogP contribution in [0.5, 0.6) is 0 Å². The molecule has 1 saturated carbocycles. The Hall–Kier alpha value is -1.63. The average molecular weight is 393 g/mol. The second-order valence-corrected chi connectivity index (χ2v) is 8.61. The molecule has 0 radical (unpaired) electrons. The highest BCUT2D eigenvalue weighted by molar-refractivity contribution is 7.99.